The zero-order chi connectivity index (χ0) is 27.1. The maximum atomic E-state index is 12.0. The predicted octanol–water partition coefficient (Wildman–Crippen LogP) is -1.02. The molecule has 12 nitrogen and oxygen atoms in total. The fourth-order valence-corrected chi connectivity index (χ4v) is 3.16. The molecule has 12 heteroatoms. The number of ether oxygens (including phenoxy) is 3. The van der Waals surface area contributed by atoms with E-state index in [0.717, 1.165) is 19.4 Å². The van der Waals surface area contributed by atoms with Crippen molar-refractivity contribution in [1.29, 1.82) is 0 Å². The third kappa shape index (κ3) is 18.3. The van der Waals surface area contributed by atoms with E-state index >= 15 is 0 Å². The fraction of sp³-hybridized carbons (Fsp3) is 0.640. The Morgan fingerprint density at radius 1 is 0.892 bits per heavy atom. The van der Waals surface area contributed by atoms with Crippen molar-refractivity contribution in [1.82, 2.24) is 21.3 Å². The van der Waals surface area contributed by atoms with E-state index in [0.29, 0.717) is 39.3 Å². The van der Waals surface area contributed by atoms with Gasteiger partial charge in [-0.15, -0.1) is 0 Å². The molecule has 0 radical (unpaired) electrons. The van der Waals surface area contributed by atoms with Gasteiger partial charge in [0, 0.05) is 25.9 Å². The molecular weight excluding hydrogens is 480 g/mol. The van der Waals surface area contributed by atoms with Crippen LogP contribution in [0.5, 0.6) is 0 Å². The number of aryl methyl sites for hydroxylation is 1. The lowest BCUT2D eigenvalue weighted by atomic mass is 10.1. The maximum Gasteiger partial charge on any atom is 0.239 e. The number of nitrogens with two attached hydrogens (primary N) is 2. The molecule has 2 unspecified atom stereocenters. The Morgan fingerprint density at radius 2 is 1.59 bits per heavy atom. The number of carbonyl (C=O) groups is 3. The van der Waals surface area contributed by atoms with Crippen LogP contribution in [-0.4, -0.2) is 89.3 Å². The second kappa shape index (κ2) is 21.5. The highest BCUT2D eigenvalue weighted by Gasteiger charge is 2.14. The molecule has 0 spiro atoms. The van der Waals surface area contributed by atoms with Crippen molar-refractivity contribution in [2.75, 3.05) is 59.2 Å². The molecule has 1 rings (SSSR count). The van der Waals surface area contributed by atoms with Crippen LogP contribution in [0.4, 0.5) is 0 Å². The Bertz CT molecular complexity index is 754. The van der Waals surface area contributed by atoms with E-state index in [2.05, 4.69) is 33.4 Å². The van der Waals surface area contributed by atoms with Gasteiger partial charge >= 0.3 is 0 Å². The summed E-state index contributed by atoms with van der Waals surface area (Å²) in [5.74, 6) is -0.762. The minimum absolute atomic E-state index is 0.106. The highest BCUT2D eigenvalue weighted by Crippen LogP contribution is 2.06. The first kappa shape index (κ1) is 32.4. The van der Waals surface area contributed by atoms with Crippen LogP contribution in [0, 0.1) is 0 Å². The molecule has 8 N–H and O–H groups in total. The topological polar surface area (TPSA) is 179 Å². The molecular formula is C25H44N6O6. The molecule has 0 heterocycles. The zero-order valence-corrected chi connectivity index (χ0v) is 21.8. The van der Waals surface area contributed by atoms with Crippen LogP contribution in [0.2, 0.25) is 0 Å². The molecule has 0 saturated carbocycles. The molecule has 0 aliphatic carbocycles. The van der Waals surface area contributed by atoms with Crippen LogP contribution in [0.15, 0.2) is 30.3 Å². The van der Waals surface area contributed by atoms with Gasteiger partial charge in [0.2, 0.25) is 17.7 Å². The lowest BCUT2D eigenvalue weighted by molar-refractivity contribution is -0.127. The summed E-state index contributed by atoms with van der Waals surface area (Å²) in [5, 5.41) is 11.1. The zero-order valence-electron chi connectivity index (χ0n) is 21.8. The normalized spacial score (nSPS) is 12.5. The number of hydrogen-bond donors (Lipinski definition) is 6. The Morgan fingerprint density at radius 3 is 2.30 bits per heavy atom. The lowest BCUT2D eigenvalue weighted by Gasteiger charge is -2.23. The Labute approximate surface area is 219 Å². The summed E-state index contributed by atoms with van der Waals surface area (Å²) in [6.07, 6.45) is 1.09. The van der Waals surface area contributed by atoms with Gasteiger partial charge in [-0.25, -0.2) is 0 Å². The summed E-state index contributed by atoms with van der Waals surface area (Å²) in [7, 11) is 0. The summed E-state index contributed by atoms with van der Waals surface area (Å²) >= 11 is 0. The predicted molar refractivity (Wildman–Crippen MR) is 140 cm³/mol. The van der Waals surface area contributed by atoms with Crippen LogP contribution in [0.3, 0.4) is 0 Å². The smallest absolute Gasteiger partial charge is 0.239 e. The monoisotopic (exact) mass is 524 g/mol. The van der Waals surface area contributed by atoms with Gasteiger partial charge in [0.15, 0.2) is 0 Å². The summed E-state index contributed by atoms with van der Waals surface area (Å²) in [6, 6.07) is 10.1. The number of nitrogens with one attached hydrogen (secondary N) is 4. The highest BCUT2D eigenvalue weighted by atomic mass is 16.5. The number of hydrogen-bond acceptors (Lipinski definition) is 9. The SMILES string of the molecule is CCNC(CCc1ccccc1)OC(N)CNC(=O)CNC(=O)CCOCCOCCNC(=O)CCN. The first-order chi connectivity index (χ1) is 17.9. The average molecular weight is 525 g/mol. The van der Waals surface area contributed by atoms with Gasteiger partial charge in [0.05, 0.1) is 39.5 Å². The fourth-order valence-electron chi connectivity index (χ4n) is 3.16. The third-order valence-corrected chi connectivity index (χ3v) is 5.04. The Balaban J connectivity index is 2.06. The van der Waals surface area contributed by atoms with E-state index in [1.807, 2.05) is 25.1 Å². The first-order valence-electron chi connectivity index (χ1n) is 12.8. The molecule has 2 atom stereocenters. The molecule has 3 amide bonds. The summed E-state index contributed by atoms with van der Waals surface area (Å²) in [6.45, 7) is 4.66. The number of benzene rings is 1. The van der Waals surface area contributed by atoms with Crippen molar-refractivity contribution in [2.24, 2.45) is 11.5 Å². The van der Waals surface area contributed by atoms with Crippen molar-refractivity contribution in [2.45, 2.75) is 45.1 Å². The molecule has 37 heavy (non-hydrogen) atoms. The van der Waals surface area contributed by atoms with Gasteiger partial charge in [0.1, 0.15) is 12.5 Å². The van der Waals surface area contributed by atoms with Gasteiger partial charge in [-0.05, 0) is 24.9 Å². The standard InChI is InChI=1S/C25H44N6O6/c1-2-28-25(9-8-20-6-4-3-5-7-20)37-21(27)18-30-24(34)19-31-23(33)11-14-35-16-17-36-15-13-29-22(32)10-12-26/h3-7,21,25,28H,2,8-19,26-27H2,1H3,(H,29,32)(H,30,34)(H,31,33). The lowest BCUT2D eigenvalue weighted by Crippen LogP contribution is -2.46. The molecule has 0 aromatic heterocycles. The summed E-state index contributed by atoms with van der Waals surface area (Å²) < 4.78 is 16.5. The van der Waals surface area contributed by atoms with E-state index in [-0.39, 0.29) is 50.1 Å². The molecule has 0 aliphatic heterocycles. The molecule has 1 aromatic carbocycles. The van der Waals surface area contributed by atoms with Crippen molar-refractivity contribution >= 4 is 17.7 Å². The van der Waals surface area contributed by atoms with Crippen molar-refractivity contribution in [3.8, 4) is 0 Å². The number of carbonyl (C=O) groups excluding carboxylic acids is 3. The summed E-state index contributed by atoms with van der Waals surface area (Å²) in [4.78, 5) is 35.1. The molecule has 210 valence electrons. The average Bonchev–Trinajstić information content (AvgIpc) is 2.89. The van der Waals surface area contributed by atoms with E-state index in [9.17, 15) is 14.4 Å². The maximum absolute atomic E-state index is 12.0. The largest absolute Gasteiger partial charge is 0.379 e. The highest BCUT2D eigenvalue weighted by molar-refractivity contribution is 5.84. The quantitative estimate of drug-likeness (QED) is 0.0817. The second-order valence-electron chi connectivity index (χ2n) is 8.19. The van der Waals surface area contributed by atoms with Crippen LogP contribution in [0.1, 0.15) is 31.7 Å². The number of rotatable bonds is 22. The van der Waals surface area contributed by atoms with Crippen molar-refractivity contribution in [3.63, 3.8) is 0 Å². The van der Waals surface area contributed by atoms with Gasteiger partial charge in [-0.3, -0.25) is 19.7 Å². The van der Waals surface area contributed by atoms with Gasteiger partial charge < -0.3 is 41.6 Å². The van der Waals surface area contributed by atoms with E-state index in [1.165, 1.54) is 5.56 Å². The minimum atomic E-state index is -0.683. The Hall–Kier alpha value is -2.61. The molecule has 0 bridgehead atoms. The first-order valence-corrected chi connectivity index (χ1v) is 12.8. The van der Waals surface area contributed by atoms with Crippen LogP contribution in [-0.2, 0) is 35.0 Å². The van der Waals surface area contributed by atoms with Crippen LogP contribution >= 0.6 is 0 Å². The molecule has 1 aromatic rings. The van der Waals surface area contributed by atoms with Gasteiger partial charge in [-0.1, -0.05) is 37.3 Å². The minimum Gasteiger partial charge on any atom is -0.379 e. The van der Waals surface area contributed by atoms with Crippen molar-refractivity contribution < 1.29 is 28.6 Å². The molecule has 0 aliphatic rings. The Kier molecular flexibility index (Phi) is 18.8. The third-order valence-electron chi connectivity index (χ3n) is 5.04. The van der Waals surface area contributed by atoms with Crippen molar-refractivity contribution in [3.05, 3.63) is 35.9 Å². The summed E-state index contributed by atoms with van der Waals surface area (Å²) in [5.41, 5.74) is 12.5. The van der Waals surface area contributed by atoms with Crippen LogP contribution < -0.4 is 32.7 Å². The van der Waals surface area contributed by atoms with Crippen LogP contribution in [0.25, 0.3) is 0 Å². The number of amides is 3. The van der Waals surface area contributed by atoms with E-state index < -0.39 is 6.23 Å². The van der Waals surface area contributed by atoms with E-state index in [1.54, 1.807) is 0 Å². The molecule has 0 saturated heterocycles. The van der Waals surface area contributed by atoms with Gasteiger partial charge in [0.25, 0.3) is 0 Å². The molecule has 0 fully saturated rings. The van der Waals surface area contributed by atoms with Gasteiger partial charge in [-0.2, -0.15) is 0 Å². The van der Waals surface area contributed by atoms with E-state index in [4.69, 9.17) is 25.7 Å². The second-order valence-corrected chi connectivity index (χ2v) is 8.19.